The topological polar surface area (TPSA) is 60.6 Å². The first-order chi connectivity index (χ1) is 9.19. The van der Waals surface area contributed by atoms with Crippen LogP contribution in [-0.4, -0.2) is 45.5 Å². The minimum absolute atomic E-state index is 0.0185. The molecule has 1 aromatic rings. The highest BCUT2D eigenvalue weighted by Crippen LogP contribution is 2.17. The summed E-state index contributed by atoms with van der Waals surface area (Å²) in [5.74, 6) is 0.947. The number of aromatic nitrogens is 1. The number of hydrogen-bond donors (Lipinski definition) is 1. The first-order valence-electron chi connectivity index (χ1n) is 6.63. The van der Waals surface area contributed by atoms with E-state index in [0.29, 0.717) is 6.61 Å². The third-order valence-corrected chi connectivity index (χ3v) is 2.96. The maximum absolute atomic E-state index is 5.91. The van der Waals surface area contributed by atoms with Gasteiger partial charge in [0.05, 0.1) is 6.61 Å². The van der Waals surface area contributed by atoms with E-state index in [1.165, 1.54) is 0 Å². The highest BCUT2D eigenvalue weighted by atomic mass is 16.5. The number of rotatable bonds is 9. The van der Waals surface area contributed by atoms with Crippen LogP contribution in [0.25, 0.3) is 0 Å². The monoisotopic (exact) mass is 267 g/mol. The number of nitrogens with two attached hydrogens (primary N) is 1. The van der Waals surface area contributed by atoms with Crippen LogP contribution in [-0.2, 0) is 9.47 Å². The molecule has 0 spiro atoms. The molecule has 0 saturated carbocycles. The minimum Gasteiger partial charge on any atom is -0.385 e. The molecule has 0 aromatic carbocycles. The number of ether oxygens (including phenoxy) is 2. The summed E-state index contributed by atoms with van der Waals surface area (Å²) in [7, 11) is 3.42. The summed E-state index contributed by atoms with van der Waals surface area (Å²) >= 11 is 0. The van der Waals surface area contributed by atoms with Gasteiger partial charge in [0.25, 0.3) is 0 Å². The Labute approximate surface area is 115 Å². The quantitative estimate of drug-likeness (QED) is 0.688. The van der Waals surface area contributed by atoms with Gasteiger partial charge in [-0.05, 0) is 31.0 Å². The normalized spacial score (nSPS) is 12.4. The van der Waals surface area contributed by atoms with Gasteiger partial charge < -0.3 is 20.1 Å². The predicted molar refractivity (Wildman–Crippen MR) is 77.4 cm³/mol. The third-order valence-electron chi connectivity index (χ3n) is 2.96. The van der Waals surface area contributed by atoms with E-state index in [9.17, 15) is 0 Å². The van der Waals surface area contributed by atoms with Crippen LogP contribution in [0.4, 0.5) is 5.82 Å². The summed E-state index contributed by atoms with van der Waals surface area (Å²) in [6.45, 7) is 5.11. The number of nitrogens with zero attached hydrogens (tertiary/aromatic N) is 2. The van der Waals surface area contributed by atoms with Crippen molar-refractivity contribution in [3.05, 3.63) is 23.9 Å². The lowest BCUT2D eigenvalue weighted by Crippen LogP contribution is -2.30. The molecule has 0 saturated heterocycles. The van der Waals surface area contributed by atoms with Crippen molar-refractivity contribution in [2.45, 2.75) is 19.4 Å². The smallest absolute Gasteiger partial charge is 0.128 e. The summed E-state index contributed by atoms with van der Waals surface area (Å²) in [5.41, 5.74) is 7.01. The molecule has 0 aliphatic carbocycles. The van der Waals surface area contributed by atoms with Crippen molar-refractivity contribution >= 4 is 5.82 Å². The van der Waals surface area contributed by atoms with E-state index in [0.717, 1.165) is 37.5 Å². The molecule has 0 aliphatic rings. The maximum atomic E-state index is 5.91. The van der Waals surface area contributed by atoms with Gasteiger partial charge in [-0.25, -0.2) is 4.98 Å². The van der Waals surface area contributed by atoms with Crippen molar-refractivity contribution in [3.63, 3.8) is 0 Å². The molecule has 19 heavy (non-hydrogen) atoms. The van der Waals surface area contributed by atoms with Gasteiger partial charge in [0.2, 0.25) is 0 Å². The molecule has 2 N–H and O–H groups in total. The van der Waals surface area contributed by atoms with E-state index in [-0.39, 0.29) is 6.04 Å². The maximum Gasteiger partial charge on any atom is 0.128 e. The van der Waals surface area contributed by atoms with E-state index in [1.807, 2.05) is 25.3 Å². The number of methoxy groups -OCH3 is 2. The third kappa shape index (κ3) is 5.55. The zero-order valence-corrected chi connectivity index (χ0v) is 12.1. The molecule has 108 valence electrons. The van der Waals surface area contributed by atoms with E-state index < -0.39 is 0 Å². The second-order valence-electron chi connectivity index (χ2n) is 4.56. The second kappa shape index (κ2) is 8.85. The van der Waals surface area contributed by atoms with Crippen LogP contribution < -0.4 is 10.6 Å². The Morgan fingerprint density at radius 2 is 2.00 bits per heavy atom. The molecule has 0 fully saturated rings. The lowest BCUT2D eigenvalue weighted by molar-refractivity contribution is 0.191. The van der Waals surface area contributed by atoms with Crippen molar-refractivity contribution in [2.24, 2.45) is 5.73 Å². The zero-order chi connectivity index (χ0) is 14.1. The van der Waals surface area contributed by atoms with Crippen LogP contribution in [0, 0.1) is 0 Å². The molecule has 1 atom stereocenters. The lowest BCUT2D eigenvalue weighted by Gasteiger charge is -2.24. The van der Waals surface area contributed by atoms with Crippen LogP contribution in [0.5, 0.6) is 0 Å². The Morgan fingerprint density at radius 3 is 2.63 bits per heavy atom. The summed E-state index contributed by atoms with van der Waals surface area (Å²) in [6.07, 6.45) is 2.77. The first kappa shape index (κ1) is 15.9. The van der Waals surface area contributed by atoms with E-state index in [4.69, 9.17) is 15.2 Å². The van der Waals surface area contributed by atoms with Crippen LogP contribution in [0.1, 0.15) is 24.9 Å². The standard InChI is InChI=1S/C14H25N3O2/c1-12(15)13-5-6-16-14(11-13)17(8-10-19-3)7-4-9-18-2/h5-6,11-12H,4,7-10,15H2,1-3H3. The molecule has 1 rings (SSSR count). The SMILES string of the molecule is COCCCN(CCOC)c1cc(C(C)N)ccn1. The summed E-state index contributed by atoms with van der Waals surface area (Å²) < 4.78 is 10.2. The molecule has 1 unspecified atom stereocenters. The molecular formula is C14H25N3O2. The Hall–Kier alpha value is -1.17. The Balaban J connectivity index is 2.74. The number of hydrogen-bond acceptors (Lipinski definition) is 5. The second-order valence-corrected chi connectivity index (χ2v) is 4.56. The Bertz CT molecular complexity index is 358. The molecular weight excluding hydrogens is 242 g/mol. The van der Waals surface area contributed by atoms with Crippen molar-refractivity contribution in [1.82, 2.24) is 4.98 Å². The van der Waals surface area contributed by atoms with Crippen LogP contribution in [0.15, 0.2) is 18.3 Å². The van der Waals surface area contributed by atoms with Crippen molar-refractivity contribution in [2.75, 3.05) is 45.4 Å². The van der Waals surface area contributed by atoms with E-state index in [1.54, 1.807) is 14.2 Å². The zero-order valence-electron chi connectivity index (χ0n) is 12.1. The van der Waals surface area contributed by atoms with E-state index >= 15 is 0 Å². The molecule has 0 radical (unpaired) electrons. The van der Waals surface area contributed by atoms with Crippen LogP contribution >= 0.6 is 0 Å². The summed E-state index contributed by atoms with van der Waals surface area (Å²) in [6, 6.07) is 4.02. The molecule has 0 amide bonds. The van der Waals surface area contributed by atoms with Gasteiger partial charge in [-0.2, -0.15) is 0 Å². The molecule has 1 heterocycles. The number of pyridine rings is 1. The van der Waals surface area contributed by atoms with Crippen molar-refractivity contribution < 1.29 is 9.47 Å². The van der Waals surface area contributed by atoms with Crippen LogP contribution in [0.2, 0.25) is 0 Å². The van der Waals surface area contributed by atoms with Gasteiger partial charge >= 0.3 is 0 Å². The molecule has 5 nitrogen and oxygen atoms in total. The number of anilines is 1. The van der Waals surface area contributed by atoms with Gasteiger partial charge in [0.1, 0.15) is 5.82 Å². The Kier molecular flexibility index (Phi) is 7.40. The van der Waals surface area contributed by atoms with Crippen LogP contribution in [0.3, 0.4) is 0 Å². The fourth-order valence-electron chi connectivity index (χ4n) is 1.83. The lowest BCUT2D eigenvalue weighted by atomic mass is 10.1. The first-order valence-corrected chi connectivity index (χ1v) is 6.63. The van der Waals surface area contributed by atoms with E-state index in [2.05, 4.69) is 9.88 Å². The average molecular weight is 267 g/mol. The molecule has 5 heteroatoms. The molecule has 0 bridgehead atoms. The van der Waals surface area contributed by atoms with Crippen molar-refractivity contribution in [1.29, 1.82) is 0 Å². The summed E-state index contributed by atoms with van der Waals surface area (Å²) in [4.78, 5) is 6.63. The summed E-state index contributed by atoms with van der Waals surface area (Å²) in [5, 5.41) is 0. The molecule has 1 aromatic heterocycles. The highest BCUT2D eigenvalue weighted by molar-refractivity contribution is 5.41. The highest BCUT2D eigenvalue weighted by Gasteiger charge is 2.09. The fourth-order valence-corrected chi connectivity index (χ4v) is 1.83. The molecule has 0 aliphatic heterocycles. The minimum atomic E-state index is 0.0185. The Morgan fingerprint density at radius 1 is 1.26 bits per heavy atom. The van der Waals surface area contributed by atoms with Gasteiger partial charge in [-0.3, -0.25) is 0 Å². The van der Waals surface area contributed by atoms with Crippen molar-refractivity contribution in [3.8, 4) is 0 Å². The van der Waals surface area contributed by atoms with Gasteiger partial charge in [-0.15, -0.1) is 0 Å². The fraction of sp³-hybridized carbons (Fsp3) is 0.643. The van der Waals surface area contributed by atoms with Gasteiger partial charge in [0.15, 0.2) is 0 Å². The van der Waals surface area contributed by atoms with Gasteiger partial charge in [0, 0.05) is 46.2 Å². The predicted octanol–water partition coefficient (Wildman–Crippen LogP) is 1.59. The van der Waals surface area contributed by atoms with Gasteiger partial charge in [-0.1, -0.05) is 0 Å². The average Bonchev–Trinajstić information content (AvgIpc) is 2.43. The largest absolute Gasteiger partial charge is 0.385 e.